The molecule has 0 aliphatic heterocycles. The van der Waals surface area contributed by atoms with Crippen LogP contribution in [0.15, 0.2) is 24.3 Å². The minimum Gasteiger partial charge on any atom is -0.480 e. The molecule has 3 N–H and O–H groups in total. The van der Waals surface area contributed by atoms with Gasteiger partial charge in [-0.05, 0) is 18.4 Å². The van der Waals surface area contributed by atoms with Crippen LogP contribution in [0.1, 0.15) is 20.3 Å². The molecule has 0 unspecified atom stereocenters. The van der Waals surface area contributed by atoms with Crippen LogP contribution in [0, 0.1) is 16.0 Å². The third-order valence-corrected chi connectivity index (χ3v) is 2.88. The van der Waals surface area contributed by atoms with Crippen molar-refractivity contribution < 1.29 is 19.6 Å². The number of anilines is 1. The number of rotatable bonds is 8. The van der Waals surface area contributed by atoms with Gasteiger partial charge in [0.15, 0.2) is 0 Å². The fourth-order valence-corrected chi connectivity index (χ4v) is 1.90. The van der Waals surface area contributed by atoms with Gasteiger partial charge in [-0.15, -0.1) is 0 Å². The molecule has 0 fully saturated rings. The molecule has 1 rings (SSSR count). The lowest BCUT2D eigenvalue weighted by molar-refractivity contribution is -0.383. The molecular weight excluding hydrogens is 290 g/mol. The number of carboxylic acid groups (broad SMARTS) is 1. The van der Waals surface area contributed by atoms with Crippen LogP contribution in [-0.2, 0) is 9.59 Å². The molecule has 22 heavy (non-hydrogen) atoms. The van der Waals surface area contributed by atoms with Crippen LogP contribution in [-0.4, -0.2) is 34.5 Å². The van der Waals surface area contributed by atoms with Crippen LogP contribution in [0.5, 0.6) is 0 Å². The molecule has 0 heterocycles. The molecule has 0 saturated heterocycles. The topological polar surface area (TPSA) is 122 Å². The lowest BCUT2D eigenvalue weighted by atomic mass is 10.0. The molecule has 0 saturated carbocycles. The Labute approximate surface area is 127 Å². The van der Waals surface area contributed by atoms with Crippen molar-refractivity contribution >= 4 is 23.3 Å². The zero-order chi connectivity index (χ0) is 16.7. The predicted octanol–water partition coefficient (Wildman–Crippen LogP) is 1.62. The Balaban J connectivity index is 2.62. The highest BCUT2D eigenvalue weighted by molar-refractivity contribution is 5.86. The fraction of sp³-hybridized carbons (Fsp3) is 0.429. The van der Waals surface area contributed by atoms with Crippen LogP contribution < -0.4 is 10.6 Å². The minimum atomic E-state index is -1.10. The molecule has 0 aromatic heterocycles. The normalized spacial score (nSPS) is 11.8. The maximum absolute atomic E-state index is 11.8. The average molecular weight is 309 g/mol. The average Bonchev–Trinajstić information content (AvgIpc) is 2.44. The Hall–Kier alpha value is -2.64. The third kappa shape index (κ3) is 5.39. The van der Waals surface area contributed by atoms with Crippen LogP contribution >= 0.6 is 0 Å². The molecule has 1 amide bonds. The van der Waals surface area contributed by atoms with Gasteiger partial charge in [0.05, 0.1) is 11.5 Å². The molecule has 8 heteroatoms. The number of nitrogens with zero attached hydrogens (tertiary/aromatic N) is 1. The number of aliphatic carboxylic acids is 1. The van der Waals surface area contributed by atoms with E-state index < -0.39 is 22.8 Å². The quantitative estimate of drug-likeness (QED) is 0.495. The Morgan fingerprint density at radius 2 is 1.95 bits per heavy atom. The van der Waals surface area contributed by atoms with Crippen molar-refractivity contribution in [3.8, 4) is 0 Å². The van der Waals surface area contributed by atoms with Crippen LogP contribution in [0.25, 0.3) is 0 Å². The maximum atomic E-state index is 11.8. The van der Waals surface area contributed by atoms with Crippen LogP contribution in [0.4, 0.5) is 11.4 Å². The van der Waals surface area contributed by atoms with Crippen molar-refractivity contribution in [1.29, 1.82) is 0 Å². The van der Waals surface area contributed by atoms with Gasteiger partial charge < -0.3 is 15.7 Å². The summed E-state index contributed by atoms with van der Waals surface area (Å²) in [5.41, 5.74) is 0.0608. The first-order valence-electron chi connectivity index (χ1n) is 6.80. The molecule has 0 aliphatic rings. The Bertz CT molecular complexity index is 559. The molecule has 1 aromatic carbocycles. The van der Waals surface area contributed by atoms with E-state index >= 15 is 0 Å². The predicted molar refractivity (Wildman–Crippen MR) is 80.6 cm³/mol. The highest BCUT2D eigenvalue weighted by Crippen LogP contribution is 2.22. The Morgan fingerprint density at radius 1 is 1.32 bits per heavy atom. The van der Waals surface area contributed by atoms with E-state index in [1.165, 1.54) is 18.2 Å². The van der Waals surface area contributed by atoms with Crippen molar-refractivity contribution in [2.24, 2.45) is 5.92 Å². The maximum Gasteiger partial charge on any atom is 0.326 e. The van der Waals surface area contributed by atoms with Gasteiger partial charge in [-0.3, -0.25) is 14.9 Å². The first kappa shape index (κ1) is 17.4. The Kier molecular flexibility index (Phi) is 6.30. The lowest BCUT2D eigenvalue weighted by Crippen LogP contribution is -2.44. The summed E-state index contributed by atoms with van der Waals surface area (Å²) >= 11 is 0. The number of nitrogens with one attached hydrogen (secondary N) is 2. The standard InChI is InChI=1S/C14H19N3O5/c1-9(2)7-11(14(19)20)16-13(18)8-15-10-5-3-4-6-12(10)17(21)22/h3-6,9,11,15H,7-8H2,1-2H3,(H,16,18)(H,19,20)/t11-/m0/s1. The Morgan fingerprint density at radius 3 is 2.50 bits per heavy atom. The van der Waals surface area contributed by atoms with Crippen molar-refractivity contribution in [2.45, 2.75) is 26.3 Å². The van der Waals surface area contributed by atoms with Gasteiger partial charge in [-0.2, -0.15) is 0 Å². The van der Waals surface area contributed by atoms with E-state index in [0.717, 1.165) is 0 Å². The van der Waals surface area contributed by atoms with Gasteiger partial charge in [0.1, 0.15) is 11.7 Å². The fourth-order valence-electron chi connectivity index (χ4n) is 1.90. The smallest absolute Gasteiger partial charge is 0.326 e. The van der Waals surface area contributed by atoms with Crippen molar-refractivity contribution in [3.05, 3.63) is 34.4 Å². The van der Waals surface area contributed by atoms with E-state index in [1.807, 2.05) is 13.8 Å². The summed E-state index contributed by atoms with van der Waals surface area (Å²) < 4.78 is 0. The van der Waals surface area contributed by atoms with E-state index in [1.54, 1.807) is 6.07 Å². The van der Waals surface area contributed by atoms with Crippen LogP contribution in [0.2, 0.25) is 0 Å². The lowest BCUT2D eigenvalue weighted by Gasteiger charge is -2.16. The summed E-state index contributed by atoms with van der Waals surface area (Å²) in [6.07, 6.45) is 0.312. The second-order valence-corrected chi connectivity index (χ2v) is 5.22. The van der Waals surface area contributed by atoms with E-state index in [9.17, 15) is 19.7 Å². The van der Waals surface area contributed by atoms with Gasteiger partial charge in [-0.1, -0.05) is 26.0 Å². The monoisotopic (exact) mass is 309 g/mol. The van der Waals surface area contributed by atoms with E-state index in [0.29, 0.717) is 6.42 Å². The number of para-hydroxylation sites is 2. The molecule has 1 aromatic rings. The zero-order valence-corrected chi connectivity index (χ0v) is 12.4. The molecule has 0 radical (unpaired) electrons. The van der Waals surface area contributed by atoms with E-state index in [2.05, 4.69) is 10.6 Å². The second kappa shape index (κ2) is 7.96. The molecule has 0 aliphatic carbocycles. The molecule has 8 nitrogen and oxygen atoms in total. The van der Waals surface area contributed by atoms with Gasteiger partial charge in [-0.25, -0.2) is 4.79 Å². The van der Waals surface area contributed by atoms with Crippen LogP contribution in [0.3, 0.4) is 0 Å². The number of carbonyl (C=O) groups is 2. The summed E-state index contributed by atoms with van der Waals surface area (Å²) in [5.74, 6) is -1.52. The van der Waals surface area contributed by atoms with Gasteiger partial charge in [0.2, 0.25) is 5.91 Å². The number of nitro groups is 1. The zero-order valence-electron chi connectivity index (χ0n) is 12.4. The highest BCUT2D eigenvalue weighted by atomic mass is 16.6. The van der Waals surface area contributed by atoms with E-state index in [4.69, 9.17) is 5.11 Å². The van der Waals surface area contributed by atoms with Crippen molar-refractivity contribution in [2.75, 3.05) is 11.9 Å². The molecule has 1 atom stereocenters. The summed E-state index contributed by atoms with van der Waals surface area (Å²) in [6.45, 7) is 3.47. The summed E-state index contributed by atoms with van der Waals surface area (Å²) in [7, 11) is 0. The second-order valence-electron chi connectivity index (χ2n) is 5.22. The number of amides is 1. The summed E-state index contributed by atoms with van der Waals surface area (Å²) in [6, 6.07) is 4.95. The number of carbonyl (C=O) groups excluding carboxylic acids is 1. The molecule has 0 spiro atoms. The highest BCUT2D eigenvalue weighted by Gasteiger charge is 2.21. The number of nitro benzene ring substituents is 1. The van der Waals surface area contributed by atoms with E-state index in [-0.39, 0.29) is 23.8 Å². The number of hydrogen-bond donors (Lipinski definition) is 3. The molecule has 120 valence electrons. The SMILES string of the molecule is CC(C)C[C@H](NC(=O)CNc1ccccc1[N+](=O)[O-])C(=O)O. The number of carboxylic acids is 1. The van der Waals surface area contributed by atoms with Crippen molar-refractivity contribution in [3.63, 3.8) is 0 Å². The molecule has 0 bridgehead atoms. The summed E-state index contributed by atoms with van der Waals surface area (Å²) in [5, 5.41) is 24.9. The number of benzene rings is 1. The first-order chi connectivity index (χ1) is 10.3. The van der Waals surface area contributed by atoms with Crippen molar-refractivity contribution in [1.82, 2.24) is 5.32 Å². The number of hydrogen-bond acceptors (Lipinski definition) is 5. The van der Waals surface area contributed by atoms with Gasteiger partial charge in [0.25, 0.3) is 5.69 Å². The van der Waals surface area contributed by atoms with Gasteiger partial charge in [0, 0.05) is 6.07 Å². The molecular formula is C14H19N3O5. The largest absolute Gasteiger partial charge is 0.480 e. The van der Waals surface area contributed by atoms with Gasteiger partial charge >= 0.3 is 5.97 Å². The summed E-state index contributed by atoms with van der Waals surface area (Å²) in [4.78, 5) is 33.1. The minimum absolute atomic E-state index is 0.115. The first-order valence-corrected chi connectivity index (χ1v) is 6.80. The third-order valence-electron chi connectivity index (χ3n) is 2.88.